The summed E-state index contributed by atoms with van der Waals surface area (Å²) in [6, 6.07) is 8.88. The zero-order chi connectivity index (χ0) is 23.0. The average molecular weight is 506 g/mol. The maximum Gasteiger partial charge on any atom is 0.242 e. The van der Waals surface area contributed by atoms with E-state index in [0.717, 1.165) is 12.0 Å². The second-order valence-electron chi connectivity index (χ2n) is 6.93. The van der Waals surface area contributed by atoms with E-state index < -0.39 is 11.9 Å². The van der Waals surface area contributed by atoms with E-state index in [1.54, 1.807) is 31.2 Å². The Morgan fingerprint density at radius 2 is 1.87 bits per heavy atom. The lowest BCUT2D eigenvalue weighted by Crippen LogP contribution is -2.48. The first-order chi connectivity index (χ1) is 14.7. The van der Waals surface area contributed by atoms with Crippen molar-refractivity contribution in [2.24, 2.45) is 0 Å². The van der Waals surface area contributed by atoms with Gasteiger partial charge in [-0.05, 0) is 43.2 Å². The van der Waals surface area contributed by atoms with Gasteiger partial charge in [-0.2, -0.15) is 0 Å². The van der Waals surface area contributed by atoms with E-state index in [0.29, 0.717) is 27.2 Å². The molecular weight excluding hydrogens is 482 g/mol. The maximum atomic E-state index is 14.0. The Kier molecular flexibility index (Phi) is 10.4. The highest BCUT2D eigenvalue weighted by Gasteiger charge is 2.26. The van der Waals surface area contributed by atoms with Crippen LogP contribution in [0.15, 0.2) is 36.4 Å². The molecule has 1 N–H and O–H groups in total. The first kappa shape index (κ1) is 25.8. The summed E-state index contributed by atoms with van der Waals surface area (Å²) in [5.41, 5.74) is 1.10. The summed E-state index contributed by atoms with van der Waals surface area (Å²) < 4.78 is 14.0. The van der Waals surface area contributed by atoms with Gasteiger partial charge in [0.2, 0.25) is 11.8 Å². The molecule has 9 heteroatoms. The molecule has 2 aromatic rings. The molecule has 168 valence electrons. The van der Waals surface area contributed by atoms with E-state index >= 15 is 0 Å². The molecule has 0 saturated heterocycles. The van der Waals surface area contributed by atoms with Crippen molar-refractivity contribution in [3.8, 4) is 0 Å². The van der Waals surface area contributed by atoms with Crippen LogP contribution in [-0.2, 0) is 21.9 Å². The highest BCUT2D eigenvalue weighted by Crippen LogP contribution is 2.26. The van der Waals surface area contributed by atoms with Crippen molar-refractivity contribution in [3.05, 3.63) is 68.4 Å². The Morgan fingerprint density at radius 1 is 1.13 bits per heavy atom. The standard InChI is InChI=1S/C22H24Cl3FN2O2S/c1-3-9-27-22(30)14(2)28(11-15-7-8-18(24)19(25)10-15)21(29)13-31-12-16-17(23)5-4-6-20(16)26/h4-8,10,14H,3,9,11-13H2,1-2H3,(H,27,30)/t14-/m1/s1. The van der Waals surface area contributed by atoms with Crippen molar-refractivity contribution >= 4 is 58.4 Å². The lowest BCUT2D eigenvalue weighted by molar-refractivity contribution is -0.138. The van der Waals surface area contributed by atoms with Crippen LogP contribution >= 0.6 is 46.6 Å². The van der Waals surface area contributed by atoms with Crippen molar-refractivity contribution in [2.75, 3.05) is 12.3 Å². The van der Waals surface area contributed by atoms with E-state index in [1.165, 1.54) is 28.8 Å². The quantitative estimate of drug-likeness (QED) is 0.433. The zero-order valence-electron chi connectivity index (χ0n) is 17.3. The number of thioether (sulfide) groups is 1. The van der Waals surface area contributed by atoms with Crippen LogP contribution < -0.4 is 5.32 Å². The van der Waals surface area contributed by atoms with Gasteiger partial charge in [0.1, 0.15) is 11.9 Å². The average Bonchev–Trinajstić information content (AvgIpc) is 2.74. The van der Waals surface area contributed by atoms with Gasteiger partial charge in [0.05, 0.1) is 15.8 Å². The molecule has 0 unspecified atom stereocenters. The number of rotatable bonds is 10. The number of hydrogen-bond acceptors (Lipinski definition) is 3. The van der Waals surface area contributed by atoms with Crippen molar-refractivity contribution < 1.29 is 14.0 Å². The van der Waals surface area contributed by atoms with Gasteiger partial charge in [-0.3, -0.25) is 9.59 Å². The molecule has 0 heterocycles. The van der Waals surface area contributed by atoms with E-state index in [-0.39, 0.29) is 29.9 Å². The number of benzene rings is 2. The molecule has 31 heavy (non-hydrogen) atoms. The number of nitrogens with zero attached hydrogens (tertiary/aromatic N) is 1. The highest BCUT2D eigenvalue weighted by molar-refractivity contribution is 7.99. The first-order valence-electron chi connectivity index (χ1n) is 9.76. The van der Waals surface area contributed by atoms with Crippen LogP contribution in [0.3, 0.4) is 0 Å². The van der Waals surface area contributed by atoms with Gasteiger partial charge < -0.3 is 10.2 Å². The lowest BCUT2D eigenvalue weighted by Gasteiger charge is -2.29. The maximum absolute atomic E-state index is 14.0. The number of amides is 2. The topological polar surface area (TPSA) is 49.4 Å². The van der Waals surface area contributed by atoms with Crippen molar-refractivity contribution in [3.63, 3.8) is 0 Å². The van der Waals surface area contributed by atoms with E-state index in [2.05, 4.69) is 5.32 Å². The molecule has 0 aromatic heterocycles. The number of halogens is 4. The fraction of sp³-hybridized carbons (Fsp3) is 0.364. The molecule has 1 atom stereocenters. The van der Waals surface area contributed by atoms with Gasteiger partial charge in [0.15, 0.2) is 0 Å². The largest absolute Gasteiger partial charge is 0.354 e. The summed E-state index contributed by atoms with van der Waals surface area (Å²) in [5, 5.41) is 3.92. The summed E-state index contributed by atoms with van der Waals surface area (Å²) in [4.78, 5) is 27.0. The lowest BCUT2D eigenvalue weighted by atomic mass is 10.1. The Balaban J connectivity index is 2.12. The smallest absolute Gasteiger partial charge is 0.242 e. The Labute approximate surface area is 201 Å². The molecule has 4 nitrogen and oxygen atoms in total. The van der Waals surface area contributed by atoms with Gasteiger partial charge in [-0.15, -0.1) is 11.8 Å². The minimum absolute atomic E-state index is 0.0668. The predicted octanol–water partition coefficient (Wildman–Crippen LogP) is 5.96. The Bertz CT molecular complexity index is 909. The summed E-state index contributed by atoms with van der Waals surface area (Å²) in [5.74, 6) is -0.585. The molecule has 2 aromatic carbocycles. The third-order valence-electron chi connectivity index (χ3n) is 4.59. The Morgan fingerprint density at radius 3 is 2.52 bits per heavy atom. The molecular formula is C22H24Cl3FN2O2S. The third kappa shape index (κ3) is 7.56. The van der Waals surface area contributed by atoms with Crippen LogP contribution in [0.2, 0.25) is 15.1 Å². The van der Waals surface area contributed by atoms with Crippen molar-refractivity contribution in [1.29, 1.82) is 0 Å². The molecule has 2 rings (SSSR count). The van der Waals surface area contributed by atoms with Crippen LogP contribution in [0.1, 0.15) is 31.4 Å². The molecule has 0 radical (unpaired) electrons. The molecule has 0 bridgehead atoms. The van der Waals surface area contributed by atoms with Gasteiger partial charge >= 0.3 is 0 Å². The molecule has 0 aliphatic rings. The van der Waals surface area contributed by atoms with Gasteiger partial charge in [0.25, 0.3) is 0 Å². The molecule has 0 spiro atoms. The fourth-order valence-corrected chi connectivity index (χ4v) is 4.38. The molecule has 0 saturated carbocycles. The van der Waals surface area contributed by atoms with E-state index in [4.69, 9.17) is 34.8 Å². The van der Waals surface area contributed by atoms with Crippen LogP contribution in [0.25, 0.3) is 0 Å². The van der Waals surface area contributed by atoms with E-state index in [9.17, 15) is 14.0 Å². The van der Waals surface area contributed by atoms with Gasteiger partial charge in [-0.25, -0.2) is 4.39 Å². The van der Waals surface area contributed by atoms with E-state index in [1.807, 2.05) is 6.92 Å². The van der Waals surface area contributed by atoms with Crippen LogP contribution in [0.4, 0.5) is 4.39 Å². The monoisotopic (exact) mass is 504 g/mol. The first-order valence-corrected chi connectivity index (χ1v) is 12.0. The highest BCUT2D eigenvalue weighted by atomic mass is 35.5. The summed E-state index contributed by atoms with van der Waals surface area (Å²) >= 11 is 19.4. The molecule has 0 fully saturated rings. The van der Waals surface area contributed by atoms with Gasteiger partial charge in [0, 0.05) is 29.4 Å². The van der Waals surface area contributed by atoms with Crippen molar-refractivity contribution in [2.45, 2.75) is 38.6 Å². The van der Waals surface area contributed by atoms with Crippen LogP contribution in [0, 0.1) is 5.82 Å². The molecule has 0 aliphatic heterocycles. The van der Waals surface area contributed by atoms with Gasteiger partial charge in [-0.1, -0.05) is 53.9 Å². The predicted molar refractivity (Wildman–Crippen MR) is 127 cm³/mol. The van der Waals surface area contributed by atoms with Crippen LogP contribution in [-0.4, -0.2) is 35.1 Å². The zero-order valence-corrected chi connectivity index (χ0v) is 20.3. The summed E-state index contributed by atoms with van der Waals surface area (Å²) in [6.07, 6.45) is 0.790. The SMILES string of the molecule is CCCNC(=O)[C@@H](C)N(Cc1ccc(Cl)c(Cl)c1)C(=O)CSCc1c(F)cccc1Cl. The van der Waals surface area contributed by atoms with Crippen LogP contribution in [0.5, 0.6) is 0 Å². The minimum Gasteiger partial charge on any atom is -0.354 e. The number of carbonyl (C=O) groups excluding carboxylic acids is 2. The minimum atomic E-state index is -0.689. The number of nitrogens with one attached hydrogen (secondary N) is 1. The second-order valence-corrected chi connectivity index (χ2v) is 9.14. The Hall–Kier alpha value is -1.47. The summed E-state index contributed by atoms with van der Waals surface area (Å²) in [6.45, 7) is 4.35. The number of carbonyl (C=O) groups is 2. The summed E-state index contributed by atoms with van der Waals surface area (Å²) in [7, 11) is 0. The molecule has 2 amide bonds. The van der Waals surface area contributed by atoms with Crippen molar-refractivity contribution in [1.82, 2.24) is 10.2 Å². The fourth-order valence-electron chi connectivity index (χ4n) is 2.81. The third-order valence-corrected chi connectivity index (χ3v) is 6.62. The second kappa shape index (κ2) is 12.5. The molecule has 0 aliphatic carbocycles. The number of hydrogen-bond donors (Lipinski definition) is 1. The normalized spacial score (nSPS) is 11.8.